The first kappa shape index (κ1) is 19.0. The van der Waals surface area contributed by atoms with E-state index >= 15 is 0 Å². The zero-order chi connectivity index (χ0) is 20.7. The van der Waals surface area contributed by atoms with Crippen molar-refractivity contribution in [2.24, 2.45) is 0 Å². The Labute approximate surface area is 180 Å². The number of aryl methyl sites for hydroxylation is 1. The highest BCUT2D eigenvalue weighted by molar-refractivity contribution is 9.10. The lowest BCUT2D eigenvalue weighted by Gasteiger charge is -2.10. The van der Waals surface area contributed by atoms with Gasteiger partial charge >= 0.3 is 0 Å². The van der Waals surface area contributed by atoms with Crippen molar-refractivity contribution in [2.45, 2.75) is 32.2 Å². The lowest BCUT2D eigenvalue weighted by Crippen LogP contribution is -2.14. The van der Waals surface area contributed by atoms with Gasteiger partial charge in [-0.2, -0.15) is 0 Å². The number of benzene rings is 2. The van der Waals surface area contributed by atoms with E-state index in [1.807, 2.05) is 24.3 Å². The van der Waals surface area contributed by atoms with Gasteiger partial charge in [0.2, 0.25) is 0 Å². The van der Waals surface area contributed by atoms with E-state index in [0.717, 1.165) is 54.5 Å². The molecule has 0 bridgehead atoms. The highest BCUT2D eigenvalue weighted by Gasteiger charge is 2.20. The van der Waals surface area contributed by atoms with Gasteiger partial charge in [-0.15, -0.1) is 10.2 Å². The van der Waals surface area contributed by atoms with Crippen molar-refractivity contribution in [1.82, 2.24) is 19.7 Å². The van der Waals surface area contributed by atoms with Gasteiger partial charge in [-0.1, -0.05) is 24.6 Å². The molecule has 0 saturated heterocycles. The SMILES string of the molecule is O=C(Nc1cc(-c2nnc3n2CCCCC3)ccc1F)c1[nH]c2ccccc2c1Br. The highest BCUT2D eigenvalue weighted by atomic mass is 79.9. The quantitative estimate of drug-likeness (QED) is 0.428. The molecule has 3 heterocycles. The Hall–Kier alpha value is -3.00. The fourth-order valence-electron chi connectivity index (χ4n) is 3.91. The smallest absolute Gasteiger partial charge is 0.273 e. The monoisotopic (exact) mass is 467 g/mol. The maximum absolute atomic E-state index is 14.5. The van der Waals surface area contributed by atoms with Gasteiger partial charge in [-0.3, -0.25) is 4.79 Å². The summed E-state index contributed by atoms with van der Waals surface area (Å²) in [6.45, 7) is 0.846. The number of anilines is 1. The maximum atomic E-state index is 14.5. The van der Waals surface area contributed by atoms with Gasteiger partial charge in [0.05, 0.1) is 10.2 Å². The number of carbonyl (C=O) groups excluding carboxylic acids is 1. The van der Waals surface area contributed by atoms with E-state index in [1.165, 1.54) is 6.07 Å². The number of hydrogen-bond donors (Lipinski definition) is 2. The Morgan fingerprint density at radius 1 is 1.13 bits per heavy atom. The summed E-state index contributed by atoms with van der Waals surface area (Å²) in [6.07, 6.45) is 4.22. The van der Waals surface area contributed by atoms with Gasteiger partial charge in [0, 0.05) is 29.4 Å². The second kappa shape index (κ2) is 7.68. The number of halogens is 2. The molecule has 0 saturated carbocycles. The van der Waals surface area contributed by atoms with Crippen molar-refractivity contribution in [2.75, 3.05) is 5.32 Å². The average molecular weight is 468 g/mol. The lowest BCUT2D eigenvalue weighted by molar-refractivity contribution is 0.102. The summed E-state index contributed by atoms with van der Waals surface area (Å²) < 4.78 is 17.3. The van der Waals surface area contributed by atoms with E-state index in [4.69, 9.17) is 0 Å². The second-order valence-corrected chi connectivity index (χ2v) is 8.20. The minimum atomic E-state index is -0.505. The number of amides is 1. The minimum Gasteiger partial charge on any atom is -0.350 e. The van der Waals surface area contributed by atoms with Crippen molar-refractivity contribution in [3.63, 3.8) is 0 Å². The molecular weight excluding hydrogens is 449 g/mol. The van der Waals surface area contributed by atoms with E-state index in [-0.39, 0.29) is 5.69 Å². The molecule has 2 N–H and O–H groups in total. The minimum absolute atomic E-state index is 0.106. The molecular formula is C22H19BrFN5O. The summed E-state index contributed by atoms with van der Waals surface area (Å²) in [4.78, 5) is 15.9. The number of hydrogen-bond acceptors (Lipinski definition) is 3. The normalized spacial score (nSPS) is 13.8. The first-order valence-corrected chi connectivity index (χ1v) is 10.7. The van der Waals surface area contributed by atoms with Crippen molar-refractivity contribution in [3.8, 4) is 11.4 Å². The number of nitrogens with zero attached hydrogens (tertiary/aromatic N) is 3. The van der Waals surface area contributed by atoms with Gasteiger partial charge in [-0.05, 0) is 53.0 Å². The number of carbonyl (C=O) groups is 1. The predicted molar refractivity (Wildman–Crippen MR) is 117 cm³/mol. The largest absolute Gasteiger partial charge is 0.350 e. The molecule has 30 heavy (non-hydrogen) atoms. The third-order valence-corrected chi connectivity index (χ3v) is 6.28. The van der Waals surface area contributed by atoms with E-state index in [0.29, 0.717) is 16.0 Å². The summed E-state index contributed by atoms with van der Waals surface area (Å²) >= 11 is 3.47. The summed E-state index contributed by atoms with van der Waals surface area (Å²) in [7, 11) is 0. The zero-order valence-corrected chi connectivity index (χ0v) is 17.7. The van der Waals surface area contributed by atoms with Crippen LogP contribution in [0.5, 0.6) is 0 Å². The third-order valence-electron chi connectivity index (χ3n) is 5.45. The van der Waals surface area contributed by atoms with E-state index < -0.39 is 11.7 Å². The van der Waals surface area contributed by atoms with Crippen molar-refractivity contribution in [1.29, 1.82) is 0 Å². The zero-order valence-electron chi connectivity index (χ0n) is 16.1. The average Bonchev–Trinajstić information content (AvgIpc) is 3.22. The van der Waals surface area contributed by atoms with Crippen LogP contribution < -0.4 is 5.32 Å². The molecule has 6 nitrogen and oxygen atoms in total. The maximum Gasteiger partial charge on any atom is 0.273 e. The summed E-state index contributed by atoms with van der Waals surface area (Å²) in [6, 6.07) is 12.2. The lowest BCUT2D eigenvalue weighted by atomic mass is 10.1. The fourth-order valence-corrected chi connectivity index (χ4v) is 4.53. The van der Waals surface area contributed by atoms with Gasteiger partial charge in [0.1, 0.15) is 17.3 Å². The van der Waals surface area contributed by atoms with Crippen LogP contribution in [0.3, 0.4) is 0 Å². The predicted octanol–water partition coefficient (Wildman–Crippen LogP) is 5.31. The molecule has 0 radical (unpaired) electrons. The number of para-hydroxylation sites is 1. The molecule has 1 amide bonds. The third kappa shape index (κ3) is 3.31. The fraction of sp³-hybridized carbons (Fsp3) is 0.227. The molecule has 2 aromatic heterocycles. The Bertz CT molecular complexity index is 1260. The number of fused-ring (bicyclic) bond motifs is 2. The molecule has 0 unspecified atom stereocenters. The Balaban J connectivity index is 1.48. The molecule has 0 aliphatic carbocycles. The standard InChI is InChI=1S/C22H19BrFN5O/c23-19-14-6-3-4-7-16(14)25-20(19)22(30)26-17-12-13(9-10-15(17)24)21-28-27-18-8-2-1-5-11-29(18)21/h3-4,6-7,9-10,12,25H,1-2,5,8,11H2,(H,26,30). The van der Waals surface area contributed by atoms with Crippen LogP contribution in [0.2, 0.25) is 0 Å². The van der Waals surface area contributed by atoms with E-state index in [1.54, 1.807) is 12.1 Å². The van der Waals surface area contributed by atoms with E-state index in [9.17, 15) is 9.18 Å². The van der Waals surface area contributed by atoms with Crippen molar-refractivity contribution in [3.05, 3.63) is 64.3 Å². The number of nitrogens with one attached hydrogen (secondary N) is 2. The van der Waals surface area contributed by atoms with Crippen LogP contribution in [0.4, 0.5) is 10.1 Å². The van der Waals surface area contributed by atoms with Crippen LogP contribution in [0, 0.1) is 5.82 Å². The van der Waals surface area contributed by atoms with Gasteiger partial charge in [0.25, 0.3) is 5.91 Å². The summed E-state index contributed by atoms with van der Waals surface area (Å²) in [5.41, 5.74) is 2.00. The first-order valence-electron chi connectivity index (χ1n) is 9.91. The first-order chi connectivity index (χ1) is 14.6. The Morgan fingerprint density at radius 2 is 2.00 bits per heavy atom. The van der Waals surface area contributed by atoms with Gasteiger partial charge in [-0.25, -0.2) is 4.39 Å². The van der Waals surface area contributed by atoms with Crippen LogP contribution >= 0.6 is 15.9 Å². The topological polar surface area (TPSA) is 75.6 Å². The number of H-pyrrole nitrogens is 1. The van der Waals surface area contributed by atoms with Crippen molar-refractivity contribution >= 4 is 38.4 Å². The molecule has 0 fully saturated rings. The molecule has 0 atom stereocenters. The summed E-state index contributed by atoms with van der Waals surface area (Å²) in [5.74, 6) is 0.734. The van der Waals surface area contributed by atoms with Crippen LogP contribution in [0.15, 0.2) is 46.9 Å². The number of aromatic amines is 1. The highest BCUT2D eigenvalue weighted by Crippen LogP contribution is 2.30. The molecule has 0 spiro atoms. The summed E-state index contributed by atoms with van der Waals surface area (Å²) in [5, 5.41) is 12.2. The van der Waals surface area contributed by atoms with Gasteiger partial charge in [0.15, 0.2) is 5.82 Å². The van der Waals surface area contributed by atoms with Crippen LogP contribution in [0.1, 0.15) is 35.6 Å². The Morgan fingerprint density at radius 3 is 2.87 bits per heavy atom. The number of rotatable bonds is 3. The second-order valence-electron chi connectivity index (χ2n) is 7.41. The van der Waals surface area contributed by atoms with Gasteiger partial charge < -0.3 is 14.9 Å². The van der Waals surface area contributed by atoms with Crippen LogP contribution in [-0.4, -0.2) is 25.7 Å². The van der Waals surface area contributed by atoms with E-state index in [2.05, 4.69) is 41.0 Å². The molecule has 1 aliphatic rings. The molecule has 8 heteroatoms. The Kier molecular flexibility index (Phi) is 4.86. The molecule has 4 aromatic rings. The molecule has 1 aliphatic heterocycles. The van der Waals surface area contributed by atoms with Crippen LogP contribution in [0.25, 0.3) is 22.3 Å². The molecule has 152 valence electrons. The van der Waals surface area contributed by atoms with Crippen LogP contribution in [-0.2, 0) is 13.0 Å². The number of aromatic nitrogens is 4. The molecule has 5 rings (SSSR count). The molecule has 2 aromatic carbocycles. The van der Waals surface area contributed by atoms with Crippen molar-refractivity contribution < 1.29 is 9.18 Å².